The Labute approximate surface area is 64.7 Å². The van der Waals surface area contributed by atoms with Crippen molar-refractivity contribution in [3.05, 3.63) is 0 Å². The highest BCUT2D eigenvalue weighted by molar-refractivity contribution is 5.96. The van der Waals surface area contributed by atoms with Crippen LogP contribution < -0.4 is 0 Å². The number of fused-ring (bicyclic) bond motifs is 1. The Balaban J connectivity index is 2.19. The van der Waals surface area contributed by atoms with Crippen LogP contribution in [0.4, 0.5) is 0 Å². The van der Waals surface area contributed by atoms with E-state index in [1.807, 2.05) is 0 Å². The Morgan fingerprint density at radius 2 is 1.45 bits per heavy atom. The molecule has 1 saturated heterocycles. The molecule has 0 spiro atoms. The van der Waals surface area contributed by atoms with Gasteiger partial charge >= 0.3 is 11.9 Å². The minimum Gasteiger partial charge on any atom is -0.393 e. The van der Waals surface area contributed by atoms with Gasteiger partial charge in [0, 0.05) is 0 Å². The molecule has 2 aliphatic rings. The minimum absolute atomic E-state index is 0.101. The van der Waals surface area contributed by atoms with Gasteiger partial charge in [-0.1, -0.05) is 12.8 Å². The van der Waals surface area contributed by atoms with E-state index in [9.17, 15) is 9.59 Å². The van der Waals surface area contributed by atoms with E-state index in [4.69, 9.17) is 0 Å². The molecule has 3 nitrogen and oxygen atoms in total. The standard InChI is InChI=1S/C8H10O3/c9-7-5-3-1-2-4-6(5)8(10)11-7/h5-6H,1-4H2/t5-,6?/m0/s1. The van der Waals surface area contributed by atoms with Gasteiger partial charge in [-0.25, -0.2) is 0 Å². The van der Waals surface area contributed by atoms with Crippen LogP contribution in [-0.2, 0) is 14.3 Å². The van der Waals surface area contributed by atoms with Crippen LogP contribution in [-0.4, -0.2) is 11.9 Å². The first-order valence-corrected chi connectivity index (χ1v) is 4.04. The molecule has 3 heteroatoms. The highest BCUT2D eigenvalue weighted by Crippen LogP contribution is 2.36. The molecule has 0 N–H and O–H groups in total. The summed E-state index contributed by atoms with van der Waals surface area (Å²) in [6.45, 7) is 0. The second-order valence-electron chi connectivity index (χ2n) is 3.24. The van der Waals surface area contributed by atoms with Gasteiger partial charge < -0.3 is 4.74 Å². The maximum absolute atomic E-state index is 11.0. The molecular weight excluding hydrogens is 144 g/mol. The van der Waals surface area contributed by atoms with Gasteiger partial charge in [0.15, 0.2) is 0 Å². The van der Waals surface area contributed by atoms with Crippen molar-refractivity contribution in [3.8, 4) is 0 Å². The Kier molecular flexibility index (Phi) is 1.44. The predicted molar refractivity (Wildman–Crippen MR) is 36.5 cm³/mol. The van der Waals surface area contributed by atoms with Gasteiger partial charge in [-0.05, 0) is 12.8 Å². The summed E-state index contributed by atoms with van der Waals surface area (Å²) in [6, 6.07) is 0. The zero-order valence-corrected chi connectivity index (χ0v) is 6.21. The van der Waals surface area contributed by atoms with E-state index in [1.54, 1.807) is 0 Å². The molecule has 1 aliphatic carbocycles. The van der Waals surface area contributed by atoms with E-state index in [0.29, 0.717) is 0 Å². The minimum atomic E-state index is -0.292. The lowest BCUT2D eigenvalue weighted by atomic mass is 9.81. The average molecular weight is 154 g/mol. The number of hydrogen-bond acceptors (Lipinski definition) is 3. The summed E-state index contributed by atoms with van der Waals surface area (Å²) in [5.41, 5.74) is 0. The molecule has 1 saturated carbocycles. The molecule has 2 atom stereocenters. The van der Waals surface area contributed by atoms with Crippen molar-refractivity contribution < 1.29 is 14.3 Å². The molecule has 1 heterocycles. The van der Waals surface area contributed by atoms with E-state index in [-0.39, 0.29) is 23.8 Å². The van der Waals surface area contributed by atoms with Crippen molar-refractivity contribution in [2.45, 2.75) is 25.7 Å². The van der Waals surface area contributed by atoms with E-state index in [1.165, 1.54) is 0 Å². The van der Waals surface area contributed by atoms with Crippen LogP contribution in [0.1, 0.15) is 25.7 Å². The highest BCUT2D eigenvalue weighted by atomic mass is 16.6. The van der Waals surface area contributed by atoms with Gasteiger partial charge in [0.05, 0.1) is 11.8 Å². The van der Waals surface area contributed by atoms with Gasteiger partial charge in [0.2, 0.25) is 0 Å². The number of carbonyl (C=O) groups is 2. The molecule has 2 fully saturated rings. The van der Waals surface area contributed by atoms with Crippen molar-refractivity contribution in [2.75, 3.05) is 0 Å². The SMILES string of the molecule is O=C1OC(=O)[C@H]2CCCCC12. The van der Waals surface area contributed by atoms with E-state index in [0.717, 1.165) is 25.7 Å². The van der Waals surface area contributed by atoms with E-state index in [2.05, 4.69) is 4.74 Å². The van der Waals surface area contributed by atoms with Crippen molar-refractivity contribution in [1.29, 1.82) is 0 Å². The van der Waals surface area contributed by atoms with Crippen LogP contribution in [0, 0.1) is 11.8 Å². The summed E-state index contributed by atoms with van der Waals surface area (Å²) in [5, 5.41) is 0. The summed E-state index contributed by atoms with van der Waals surface area (Å²) in [5.74, 6) is -0.785. The van der Waals surface area contributed by atoms with Gasteiger partial charge in [-0.3, -0.25) is 9.59 Å². The zero-order chi connectivity index (χ0) is 7.84. The predicted octanol–water partition coefficient (Wildman–Crippen LogP) is 0.876. The smallest absolute Gasteiger partial charge is 0.317 e. The molecule has 0 amide bonds. The van der Waals surface area contributed by atoms with Crippen LogP contribution in [0.5, 0.6) is 0 Å². The maximum atomic E-state index is 11.0. The third kappa shape index (κ3) is 0.951. The quantitative estimate of drug-likeness (QED) is 0.384. The first-order valence-electron chi connectivity index (χ1n) is 4.04. The lowest BCUT2D eigenvalue weighted by molar-refractivity contribution is -0.153. The van der Waals surface area contributed by atoms with Crippen molar-refractivity contribution in [2.24, 2.45) is 11.8 Å². The number of rotatable bonds is 0. The summed E-state index contributed by atoms with van der Waals surface area (Å²) < 4.78 is 4.53. The summed E-state index contributed by atoms with van der Waals surface area (Å²) in [4.78, 5) is 22.0. The first kappa shape index (κ1) is 6.83. The van der Waals surface area contributed by atoms with Gasteiger partial charge in [-0.15, -0.1) is 0 Å². The van der Waals surface area contributed by atoms with Gasteiger partial charge in [-0.2, -0.15) is 0 Å². The van der Waals surface area contributed by atoms with Crippen LogP contribution in [0.25, 0.3) is 0 Å². The van der Waals surface area contributed by atoms with E-state index >= 15 is 0 Å². The van der Waals surface area contributed by atoms with Crippen LogP contribution in [0.2, 0.25) is 0 Å². The molecular formula is C8H10O3. The summed E-state index contributed by atoms with van der Waals surface area (Å²) >= 11 is 0. The normalized spacial score (nSPS) is 36.7. The second-order valence-corrected chi connectivity index (χ2v) is 3.24. The van der Waals surface area contributed by atoms with Crippen LogP contribution in [0.15, 0.2) is 0 Å². The fourth-order valence-corrected chi connectivity index (χ4v) is 1.95. The molecule has 0 aromatic carbocycles. The second kappa shape index (κ2) is 2.32. The van der Waals surface area contributed by atoms with Gasteiger partial charge in [0.25, 0.3) is 0 Å². The fourth-order valence-electron chi connectivity index (χ4n) is 1.95. The Hall–Kier alpha value is -0.860. The van der Waals surface area contributed by atoms with Crippen molar-refractivity contribution >= 4 is 11.9 Å². The first-order chi connectivity index (χ1) is 5.29. The highest BCUT2D eigenvalue weighted by Gasteiger charge is 2.44. The molecule has 1 unspecified atom stereocenters. The number of esters is 2. The van der Waals surface area contributed by atoms with Crippen molar-refractivity contribution in [3.63, 3.8) is 0 Å². The summed E-state index contributed by atoms with van der Waals surface area (Å²) in [7, 11) is 0. The Bertz CT molecular complexity index is 187. The number of hydrogen-bond donors (Lipinski definition) is 0. The number of carbonyl (C=O) groups excluding carboxylic acids is 2. The van der Waals surface area contributed by atoms with Crippen LogP contribution in [0.3, 0.4) is 0 Å². The molecule has 0 bridgehead atoms. The van der Waals surface area contributed by atoms with Crippen LogP contribution >= 0.6 is 0 Å². The number of cyclic esters (lactones) is 2. The molecule has 0 aromatic rings. The van der Waals surface area contributed by atoms with Gasteiger partial charge in [0.1, 0.15) is 0 Å². The molecule has 60 valence electrons. The molecule has 1 aliphatic heterocycles. The lowest BCUT2D eigenvalue weighted by Crippen LogP contribution is -2.21. The molecule has 2 rings (SSSR count). The Morgan fingerprint density at radius 3 is 1.91 bits per heavy atom. The third-order valence-electron chi connectivity index (χ3n) is 2.57. The molecule has 0 radical (unpaired) electrons. The van der Waals surface area contributed by atoms with E-state index < -0.39 is 0 Å². The fraction of sp³-hybridized carbons (Fsp3) is 0.750. The molecule has 0 aromatic heterocycles. The lowest BCUT2D eigenvalue weighted by Gasteiger charge is -2.18. The molecule has 11 heavy (non-hydrogen) atoms. The summed E-state index contributed by atoms with van der Waals surface area (Å²) in [6.07, 6.45) is 3.80. The average Bonchev–Trinajstić information content (AvgIpc) is 2.30. The zero-order valence-electron chi connectivity index (χ0n) is 6.21. The monoisotopic (exact) mass is 154 g/mol. The number of ether oxygens (including phenoxy) is 1. The van der Waals surface area contributed by atoms with Crippen molar-refractivity contribution in [1.82, 2.24) is 0 Å². The topological polar surface area (TPSA) is 43.4 Å². The Morgan fingerprint density at radius 1 is 1.00 bits per heavy atom. The maximum Gasteiger partial charge on any atom is 0.317 e. The third-order valence-corrected chi connectivity index (χ3v) is 2.57. The largest absolute Gasteiger partial charge is 0.393 e.